The normalized spacial score (nSPS) is 12.7. The van der Waals surface area contributed by atoms with Crippen molar-refractivity contribution in [1.29, 1.82) is 0 Å². The topological polar surface area (TPSA) is 33.4 Å². The summed E-state index contributed by atoms with van der Waals surface area (Å²) in [6.07, 6.45) is 0.163. The van der Waals surface area contributed by atoms with Crippen LogP contribution >= 0.6 is 22.6 Å². The number of aliphatic hydroxyl groups is 1. The van der Waals surface area contributed by atoms with E-state index in [1.165, 1.54) is 3.57 Å². The van der Waals surface area contributed by atoms with E-state index in [1.54, 1.807) is 0 Å². The Hall–Kier alpha value is -0.810. The first-order valence-corrected chi connectivity index (χ1v) is 6.32. The second-order valence-corrected chi connectivity index (χ2v) is 4.88. The van der Waals surface area contributed by atoms with Gasteiger partial charge in [0, 0.05) is 9.13 Å². The molecule has 1 heterocycles. The zero-order chi connectivity index (χ0) is 11.5. The molecule has 2 rings (SSSR count). The summed E-state index contributed by atoms with van der Waals surface area (Å²) in [4.78, 5) is 0. The minimum Gasteiger partial charge on any atom is -0.458 e. The summed E-state index contributed by atoms with van der Waals surface area (Å²) in [6.45, 7) is 1.93. The van der Waals surface area contributed by atoms with Crippen molar-refractivity contribution in [3.63, 3.8) is 0 Å². The van der Waals surface area contributed by atoms with Crippen molar-refractivity contribution in [3.05, 3.63) is 45.7 Å². The van der Waals surface area contributed by atoms with Gasteiger partial charge in [0.1, 0.15) is 17.6 Å². The van der Waals surface area contributed by atoms with Crippen LogP contribution in [-0.4, -0.2) is 5.11 Å². The fourth-order valence-electron chi connectivity index (χ4n) is 1.53. The van der Waals surface area contributed by atoms with Crippen LogP contribution < -0.4 is 0 Å². The number of hydrogen-bond acceptors (Lipinski definition) is 2. The molecule has 2 aromatic rings. The fraction of sp³-hybridized carbons (Fsp3) is 0.231. The van der Waals surface area contributed by atoms with Crippen LogP contribution in [0.15, 0.2) is 40.8 Å². The van der Waals surface area contributed by atoms with Gasteiger partial charge in [-0.3, -0.25) is 0 Å². The van der Waals surface area contributed by atoms with E-state index in [4.69, 9.17) is 4.42 Å². The number of benzene rings is 1. The zero-order valence-electron chi connectivity index (χ0n) is 8.98. The third-order valence-electron chi connectivity index (χ3n) is 2.45. The molecule has 0 amide bonds. The first-order valence-electron chi connectivity index (χ1n) is 5.24. The summed E-state index contributed by atoms with van der Waals surface area (Å²) in [5, 5.41) is 9.65. The Balaban J connectivity index is 2.31. The molecule has 16 heavy (non-hydrogen) atoms. The first-order chi connectivity index (χ1) is 7.70. The molecule has 0 aliphatic rings. The Bertz CT molecular complexity index is 476. The van der Waals surface area contributed by atoms with E-state index in [0.29, 0.717) is 12.2 Å². The molecule has 1 unspecified atom stereocenters. The minimum absolute atomic E-state index is 0.503. The molecular formula is C13H13IO2. The molecule has 0 aliphatic heterocycles. The van der Waals surface area contributed by atoms with Crippen molar-refractivity contribution in [2.75, 3.05) is 0 Å². The third-order valence-corrected chi connectivity index (χ3v) is 3.12. The summed E-state index contributed by atoms with van der Waals surface area (Å²) >= 11 is 2.27. The van der Waals surface area contributed by atoms with Crippen LogP contribution in [0, 0.1) is 3.57 Å². The van der Waals surface area contributed by atoms with E-state index in [2.05, 4.69) is 28.7 Å². The van der Waals surface area contributed by atoms with E-state index in [1.807, 2.05) is 37.3 Å². The predicted molar refractivity (Wildman–Crippen MR) is 72.1 cm³/mol. The molecule has 2 nitrogen and oxygen atoms in total. The average Bonchev–Trinajstić information content (AvgIpc) is 2.77. The molecule has 3 heteroatoms. The highest BCUT2D eigenvalue weighted by molar-refractivity contribution is 14.1. The number of furan rings is 1. The van der Waals surface area contributed by atoms with E-state index >= 15 is 0 Å². The lowest BCUT2D eigenvalue weighted by atomic mass is 10.2. The van der Waals surface area contributed by atoms with Gasteiger partial charge in [-0.2, -0.15) is 0 Å². The molecule has 0 fully saturated rings. The molecule has 1 aromatic heterocycles. The molecule has 84 valence electrons. The van der Waals surface area contributed by atoms with Crippen molar-refractivity contribution in [1.82, 2.24) is 0 Å². The Kier molecular flexibility index (Phi) is 3.66. The van der Waals surface area contributed by atoms with Crippen LogP contribution in [-0.2, 0) is 0 Å². The highest BCUT2D eigenvalue weighted by Crippen LogP contribution is 2.27. The lowest BCUT2D eigenvalue weighted by molar-refractivity contribution is 0.147. The molecule has 1 aromatic carbocycles. The fourth-order valence-corrected chi connectivity index (χ4v) is 2.07. The lowest BCUT2D eigenvalue weighted by Gasteiger charge is -2.03. The number of aliphatic hydroxyl groups excluding tert-OH is 1. The summed E-state index contributed by atoms with van der Waals surface area (Å²) < 4.78 is 6.79. The first kappa shape index (κ1) is 11.7. The van der Waals surface area contributed by atoms with E-state index in [-0.39, 0.29) is 0 Å². The van der Waals surface area contributed by atoms with E-state index in [0.717, 1.165) is 11.3 Å². The number of hydrogen-bond donors (Lipinski definition) is 1. The lowest BCUT2D eigenvalue weighted by Crippen LogP contribution is -1.91. The van der Waals surface area contributed by atoms with Crippen molar-refractivity contribution < 1.29 is 9.52 Å². The highest BCUT2D eigenvalue weighted by atomic mass is 127. The smallest absolute Gasteiger partial charge is 0.134 e. The van der Waals surface area contributed by atoms with Gasteiger partial charge in [0.15, 0.2) is 0 Å². The average molecular weight is 328 g/mol. The maximum absolute atomic E-state index is 9.65. The Morgan fingerprint density at radius 3 is 2.81 bits per heavy atom. The Morgan fingerprint density at radius 2 is 2.12 bits per heavy atom. The van der Waals surface area contributed by atoms with Gasteiger partial charge >= 0.3 is 0 Å². The van der Waals surface area contributed by atoms with Crippen molar-refractivity contribution in [2.24, 2.45) is 0 Å². The van der Waals surface area contributed by atoms with Crippen LogP contribution in [0.1, 0.15) is 25.2 Å². The predicted octanol–water partition coefficient (Wildman–Crippen LogP) is 3.99. The van der Waals surface area contributed by atoms with Crippen molar-refractivity contribution >= 4 is 22.6 Å². The molecule has 1 N–H and O–H groups in total. The van der Waals surface area contributed by atoms with Gasteiger partial charge in [-0.05, 0) is 53.3 Å². The van der Waals surface area contributed by atoms with Gasteiger partial charge in [0.05, 0.1) is 0 Å². The third kappa shape index (κ3) is 2.47. The molecule has 0 saturated carbocycles. The molecule has 1 atom stereocenters. The van der Waals surface area contributed by atoms with Gasteiger partial charge in [-0.15, -0.1) is 0 Å². The van der Waals surface area contributed by atoms with Gasteiger partial charge in [0.25, 0.3) is 0 Å². The van der Waals surface area contributed by atoms with Gasteiger partial charge in [0.2, 0.25) is 0 Å². The molecule has 0 radical (unpaired) electrons. The van der Waals surface area contributed by atoms with Crippen LogP contribution in [0.5, 0.6) is 0 Å². The van der Waals surface area contributed by atoms with Crippen LogP contribution in [0.2, 0.25) is 0 Å². The maximum atomic E-state index is 9.65. The summed E-state index contributed by atoms with van der Waals surface area (Å²) in [5.41, 5.74) is 1.04. The van der Waals surface area contributed by atoms with Crippen molar-refractivity contribution in [3.8, 4) is 11.3 Å². The number of rotatable bonds is 3. The van der Waals surface area contributed by atoms with Crippen LogP contribution in [0.25, 0.3) is 11.3 Å². The monoisotopic (exact) mass is 328 g/mol. The highest BCUT2D eigenvalue weighted by Gasteiger charge is 2.11. The summed E-state index contributed by atoms with van der Waals surface area (Å²) in [6, 6.07) is 11.8. The molecule has 0 aliphatic carbocycles. The van der Waals surface area contributed by atoms with E-state index in [9.17, 15) is 5.11 Å². The van der Waals surface area contributed by atoms with E-state index < -0.39 is 6.10 Å². The number of halogens is 1. The standard InChI is InChI=1S/C13H13IO2/c1-2-11(15)13-7-6-12(16-13)9-4-3-5-10(14)8-9/h3-8,11,15H,2H2,1H3. The van der Waals surface area contributed by atoms with Gasteiger partial charge in [-0.1, -0.05) is 19.1 Å². The zero-order valence-corrected chi connectivity index (χ0v) is 11.1. The second kappa shape index (κ2) is 5.01. The summed E-state index contributed by atoms with van der Waals surface area (Å²) in [7, 11) is 0. The molecule has 0 saturated heterocycles. The van der Waals surface area contributed by atoms with Gasteiger partial charge in [-0.25, -0.2) is 0 Å². The molecule has 0 bridgehead atoms. The largest absolute Gasteiger partial charge is 0.458 e. The molecular weight excluding hydrogens is 315 g/mol. The quantitative estimate of drug-likeness (QED) is 0.864. The molecule has 0 spiro atoms. The SMILES string of the molecule is CCC(O)c1ccc(-c2cccc(I)c2)o1. The van der Waals surface area contributed by atoms with Crippen LogP contribution in [0.4, 0.5) is 0 Å². The van der Waals surface area contributed by atoms with Gasteiger partial charge < -0.3 is 9.52 Å². The van der Waals surface area contributed by atoms with Crippen LogP contribution in [0.3, 0.4) is 0 Å². The second-order valence-electron chi connectivity index (χ2n) is 3.64. The summed E-state index contributed by atoms with van der Waals surface area (Å²) in [5.74, 6) is 1.44. The Morgan fingerprint density at radius 1 is 1.31 bits per heavy atom. The minimum atomic E-state index is -0.503. The Labute approximate surface area is 108 Å². The van der Waals surface area contributed by atoms with Crippen molar-refractivity contribution in [2.45, 2.75) is 19.4 Å². The maximum Gasteiger partial charge on any atom is 0.134 e.